The van der Waals surface area contributed by atoms with Crippen LogP contribution in [0.2, 0.25) is 0 Å². The zero-order valence-corrected chi connectivity index (χ0v) is 19.4. The minimum atomic E-state index is -4.78. The first kappa shape index (κ1) is 24.7. The molecule has 3 heterocycles. The predicted molar refractivity (Wildman–Crippen MR) is 121 cm³/mol. The van der Waals surface area contributed by atoms with Crippen molar-refractivity contribution in [3.8, 4) is 22.7 Å². The maximum atomic E-state index is 14.5. The zero-order chi connectivity index (χ0) is 26.5. The molecular formula is C24H21F5N6O2. The molecule has 3 aromatic rings. The van der Waals surface area contributed by atoms with Gasteiger partial charge >= 0.3 is 6.18 Å². The summed E-state index contributed by atoms with van der Waals surface area (Å²) in [5.74, 6) is -4.09. The number of amides is 1. The molecule has 37 heavy (non-hydrogen) atoms. The van der Waals surface area contributed by atoms with Crippen LogP contribution >= 0.6 is 0 Å². The number of aryl methyl sites for hydroxylation is 1. The minimum absolute atomic E-state index is 0.00343. The van der Waals surface area contributed by atoms with Gasteiger partial charge in [0.2, 0.25) is 5.91 Å². The van der Waals surface area contributed by atoms with Gasteiger partial charge in [0.05, 0.1) is 29.9 Å². The first-order chi connectivity index (χ1) is 17.5. The summed E-state index contributed by atoms with van der Waals surface area (Å²) in [5.41, 5.74) is 1.94. The number of hydrogen-bond donors (Lipinski definition) is 1. The lowest BCUT2D eigenvalue weighted by Gasteiger charge is -2.35. The molecule has 1 amide bonds. The van der Waals surface area contributed by atoms with E-state index in [1.807, 2.05) is 0 Å². The van der Waals surface area contributed by atoms with Crippen molar-refractivity contribution in [1.82, 2.24) is 29.4 Å². The van der Waals surface area contributed by atoms with Crippen molar-refractivity contribution in [2.45, 2.75) is 38.0 Å². The van der Waals surface area contributed by atoms with Crippen molar-refractivity contribution >= 4 is 5.91 Å². The summed E-state index contributed by atoms with van der Waals surface area (Å²) in [7, 11) is 0. The first-order valence-electron chi connectivity index (χ1n) is 11.4. The third-order valence-electron chi connectivity index (χ3n) is 6.49. The van der Waals surface area contributed by atoms with Crippen molar-refractivity contribution in [1.29, 1.82) is 0 Å². The summed E-state index contributed by atoms with van der Waals surface area (Å²) >= 11 is 0. The number of aromatic nitrogens is 5. The van der Waals surface area contributed by atoms with Gasteiger partial charge in [0, 0.05) is 23.8 Å². The van der Waals surface area contributed by atoms with Crippen molar-refractivity contribution in [3.63, 3.8) is 0 Å². The van der Waals surface area contributed by atoms with Crippen LogP contribution in [0.3, 0.4) is 0 Å². The minimum Gasteiger partial charge on any atom is -0.506 e. The highest BCUT2D eigenvalue weighted by Crippen LogP contribution is 2.40. The standard InChI is InChI=1S/C24H21F5N6O2/c1-13-9-33(12-30-13)19-4-2-14(6-22(19)36)18-10-35(32-31-18)20-5-3-16-17(26)7-15(25)8-21(16)34(23(20)37)11-24(27,28)29/h2,4,6-10,12,16,20-21,36H,3,5,11H2,1H3. The molecule has 1 aliphatic heterocycles. The van der Waals surface area contributed by atoms with Gasteiger partial charge in [-0.25, -0.2) is 18.4 Å². The van der Waals surface area contributed by atoms with Crippen LogP contribution in [0.4, 0.5) is 22.0 Å². The van der Waals surface area contributed by atoms with E-state index in [-0.39, 0.29) is 24.3 Å². The van der Waals surface area contributed by atoms with Crippen LogP contribution in [0, 0.1) is 12.8 Å². The molecule has 5 rings (SSSR count). The lowest BCUT2D eigenvalue weighted by atomic mass is 9.89. The van der Waals surface area contributed by atoms with Crippen LogP contribution in [-0.2, 0) is 4.79 Å². The predicted octanol–water partition coefficient (Wildman–Crippen LogP) is 4.58. The molecule has 1 fully saturated rings. The first-order valence-corrected chi connectivity index (χ1v) is 11.4. The van der Waals surface area contributed by atoms with Crippen molar-refractivity contribution in [2.75, 3.05) is 6.54 Å². The van der Waals surface area contributed by atoms with Crippen LogP contribution < -0.4 is 0 Å². The number of allylic oxidation sites excluding steroid dienone is 2. The highest BCUT2D eigenvalue weighted by molar-refractivity contribution is 5.81. The summed E-state index contributed by atoms with van der Waals surface area (Å²) in [6.45, 7) is 0.141. The number of fused-ring (bicyclic) bond motifs is 1. The number of halogens is 5. The molecule has 194 valence electrons. The molecule has 8 nitrogen and oxygen atoms in total. The Balaban J connectivity index is 1.45. The molecule has 0 saturated carbocycles. The summed E-state index contributed by atoms with van der Waals surface area (Å²) in [6, 6.07) is 2.11. The molecule has 1 saturated heterocycles. The molecular weight excluding hydrogens is 499 g/mol. The smallest absolute Gasteiger partial charge is 0.406 e. The molecule has 3 atom stereocenters. The third kappa shape index (κ3) is 4.85. The topological polar surface area (TPSA) is 89.1 Å². The number of carbonyl (C=O) groups is 1. The largest absolute Gasteiger partial charge is 0.506 e. The SMILES string of the molecule is Cc1cn(-c2ccc(-c3cn(C4CCC5C(F)=CC(F)=CC5N(CC(F)(F)F)C4=O)nn3)cc2O)cn1. The van der Waals surface area contributed by atoms with Gasteiger partial charge in [0.1, 0.15) is 35.7 Å². The lowest BCUT2D eigenvalue weighted by molar-refractivity contribution is -0.166. The molecule has 1 aliphatic carbocycles. The molecule has 1 aromatic carbocycles. The van der Waals surface area contributed by atoms with Gasteiger partial charge in [0.15, 0.2) is 0 Å². The quantitative estimate of drug-likeness (QED) is 0.509. The average molecular weight is 520 g/mol. The number of aromatic hydroxyl groups is 1. The van der Waals surface area contributed by atoms with E-state index in [2.05, 4.69) is 15.3 Å². The van der Waals surface area contributed by atoms with E-state index in [0.29, 0.717) is 22.2 Å². The third-order valence-corrected chi connectivity index (χ3v) is 6.49. The van der Waals surface area contributed by atoms with Crippen molar-refractivity contribution in [3.05, 3.63) is 66.4 Å². The molecule has 2 aliphatic rings. The van der Waals surface area contributed by atoms with Gasteiger partial charge in [-0.3, -0.25) is 4.79 Å². The van der Waals surface area contributed by atoms with Crippen molar-refractivity contribution < 1.29 is 31.9 Å². The van der Waals surface area contributed by atoms with E-state index < -0.39 is 48.3 Å². The van der Waals surface area contributed by atoms with Gasteiger partial charge in [-0.1, -0.05) is 11.3 Å². The summed E-state index contributed by atoms with van der Waals surface area (Å²) in [4.78, 5) is 17.9. The Bertz CT molecular complexity index is 1410. The molecule has 0 bridgehead atoms. The number of benzene rings is 1. The van der Waals surface area contributed by atoms with E-state index in [9.17, 15) is 31.9 Å². The molecule has 0 spiro atoms. The molecule has 0 radical (unpaired) electrons. The Kier molecular flexibility index (Phi) is 6.08. The van der Waals surface area contributed by atoms with Crippen LogP contribution in [0.25, 0.3) is 16.9 Å². The van der Waals surface area contributed by atoms with E-state index in [1.54, 1.807) is 36.1 Å². The Morgan fingerprint density at radius 2 is 1.95 bits per heavy atom. The second kappa shape index (κ2) is 9.12. The fraction of sp³-hybridized carbons (Fsp3) is 0.333. The Morgan fingerprint density at radius 3 is 2.62 bits per heavy atom. The number of carbonyl (C=O) groups excluding carboxylic acids is 1. The number of nitrogens with zero attached hydrogens (tertiary/aromatic N) is 6. The Labute approximate surface area is 207 Å². The number of phenols is 1. The summed E-state index contributed by atoms with van der Waals surface area (Å²) in [6.07, 6.45) is 1.31. The monoisotopic (exact) mass is 520 g/mol. The van der Waals surface area contributed by atoms with E-state index in [4.69, 9.17) is 0 Å². The van der Waals surface area contributed by atoms with Crippen LogP contribution in [0.5, 0.6) is 5.75 Å². The van der Waals surface area contributed by atoms with Gasteiger partial charge in [-0.05, 0) is 38.0 Å². The van der Waals surface area contributed by atoms with Crippen LogP contribution in [0.1, 0.15) is 24.6 Å². The number of rotatable bonds is 4. The maximum absolute atomic E-state index is 14.5. The number of phenolic OH excluding ortho intramolecular Hbond substituents is 1. The highest BCUT2D eigenvalue weighted by atomic mass is 19.4. The number of hydrogen-bond acceptors (Lipinski definition) is 5. The van der Waals surface area contributed by atoms with Gasteiger partial charge in [-0.2, -0.15) is 13.2 Å². The van der Waals surface area contributed by atoms with Crippen molar-refractivity contribution in [2.24, 2.45) is 5.92 Å². The summed E-state index contributed by atoms with van der Waals surface area (Å²) in [5, 5.41) is 18.5. The fourth-order valence-electron chi connectivity index (χ4n) is 4.78. The molecule has 1 N–H and O–H groups in total. The van der Waals surface area contributed by atoms with Gasteiger partial charge in [0.25, 0.3) is 0 Å². The number of alkyl halides is 3. The van der Waals surface area contributed by atoms with E-state index >= 15 is 0 Å². The maximum Gasteiger partial charge on any atom is 0.406 e. The second-order valence-corrected chi connectivity index (χ2v) is 9.06. The molecule has 3 unspecified atom stereocenters. The summed E-state index contributed by atoms with van der Waals surface area (Å²) < 4.78 is 71.3. The zero-order valence-electron chi connectivity index (χ0n) is 19.4. The highest BCUT2D eigenvalue weighted by Gasteiger charge is 2.46. The number of imidazole rings is 1. The normalized spacial score (nSPS) is 22.4. The molecule has 2 aromatic heterocycles. The van der Waals surface area contributed by atoms with Gasteiger partial charge < -0.3 is 14.6 Å². The Hall–Kier alpha value is -4.03. The van der Waals surface area contributed by atoms with Crippen LogP contribution in [-0.4, -0.2) is 59.2 Å². The number of likely N-dealkylation sites (tertiary alicyclic amines) is 1. The van der Waals surface area contributed by atoms with Gasteiger partial charge in [-0.15, -0.1) is 5.10 Å². The van der Waals surface area contributed by atoms with E-state index in [1.165, 1.54) is 12.3 Å². The lowest BCUT2D eigenvalue weighted by Crippen LogP contribution is -2.49. The Morgan fingerprint density at radius 1 is 1.16 bits per heavy atom. The second-order valence-electron chi connectivity index (χ2n) is 9.06. The van der Waals surface area contributed by atoms with Crippen LogP contribution in [0.15, 0.2) is 60.7 Å². The average Bonchev–Trinajstić information content (AvgIpc) is 3.44. The fourth-order valence-corrected chi connectivity index (χ4v) is 4.78. The molecule has 13 heteroatoms. The van der Waals surface area contributed by atoms with E-state index in [0.717, 1.165) is 16.5 Å².